The number of hydrogen-bond donors (Lipinski definition) is 1. The lowest BCUT2D eigenvalue weighted by Crippen LogP contribution is -2.38. The Balaban J connectivity index is 1.72. The largest absolute Gasteiger partial charge is 0.320 e. The van der Waals surface area contributed by atoms with Crippen LogP contribution in [0.25, 0.3) is 0 Å². The Bertz CT molecular complexity index is 532. The Hall–Kier alpha value is -1.46. The van der Waals surface area contributed by atoms with Crippen molar-refractivity contribution in [3.63, 3.8) is 0 Å². The lowest BCUT2D eigenvalue weighted by atomic mass is 10.1. The predicted molar refractivity (Wildman–Crippen MR) is 79.1 cm³/mol. The first-order valence-corrected chi connectivity index (χ1v) is 7.58. The van der Waals surface area contributed by atoms with Crippen LogP contribution in [0, 0.1) is 5.82 Å². The van der Waals surface area contributed by atoms with Crippen molar-refractivity contribution in [3.8, 4) is 0 Å². The number of amides is 1. The van der Waals surface area contributed by atoms with Gasteiger partial charge in [-0.1, -0.05) is 12.1 Å². The van der Waals surface area contributed by atoms with E-state index in [-0.39, 0.29) is 23.9 Å². The predicted octanol–water partition coefficient (Wildman–Crippen LogP) is 1.74. The van der Waals surface area contributed by atoms with E-state index in [0.29, 0.717) is 12.6 Å². The second kappa shape index (κ2) is 5.73. The molecule has 0 bridgehead atoms. The van der Waals surface area contributed by atoms with Crippen LogP contribution in [0.2, 0.25) is 0 Å². The number of rotatable bonds is 5. The summed E-state index contributed by atoms with van der Waals surface area (Å²) in [5.74, 6) is -0.176. The zero-order chi connectivity index (χ0) is 15.0. The highest BCUT2D eigenvalue weighted by Gasteiger charge is 2.37. The fourth-order valence-electron chi connectivity index (χ4n) is 2.93. The molecule has 2 fully saturated rings. The van der Waals surface area contributed by atoms with Gasteiger partial charge in [-0.25, -0.2) is 4.39 Å². The molecule has 114 valence electrons. The maximum Gasteiger partial charge on any atom is 0.241 e. The molecule has 1 amide bonds. The topological polar surface area (TPSA) is 35.6 Å². The Morgan fingerprint density at radius 2 is 2.19 bits per heavy atom. The molecule has 0 aromatic heterocycles. The first kappa shape index (κ1) is 14.5. The van der Waals surface area contributed by atoms with Crippen LogP contribution in [0.4, 0.5) is 4.39 Å². The summed E-state index contributed by atoms with van der Waals surface area (Å²) in [6, 6.07) is 6.94. The van der Waals surface area contributed by atoms with Crippen molar-refractivity contribution in [3.05, 3.63) is 35.6 Å². The summed E-state index contributed by atoms with van der Waals surface area (Å²) in [4.78, 5) is 16.5. The van der Waals surface area contributed by atoms with E-state index in [4.69, 9.17) is 0 Å². The van der Waals surface area contributed by atoms with Gasteiger partial charge in [-0.3, -0.25) is 10.1 Å². The summed E-state index contributed by atoms with van der Waals surface area (Å²) < 4.78 is 13.4. The molecule has 1 saturated heterocycles. The molecule has 4 nitrogen and oxygen atoms in total. The second-order valence-electron chi connectivity index (χ2n) is 6.09. The minimum Gasteiger partial charge on any atom is -0.320 e. The Kier molecular flexibility index (Phi) is 3.95. The third kappa shape index (κ3) is 3.09. The van der Waals surface area contributed by atoms with Crippen molar-refractivity contribution < 1.29 is 9.18 Å². The van der Waals surface area contributed by atoms with Crippen LogP contribution in [-0.4, -0.2) is 47.9 Å². The van der Waals surface area contributed by atoms with Crippen molar-refractivity contribution in [1.82, 2.24) is 15.1 Å². The van der Waals surface area contributed by atoms with Gasteiger partial charge in [-0.05, 0) is 44.5 Å². The van der Waals surface area contributed by atoms with Gasteiger partial charge in [-0.2, -0.15) is 0 Å². The summed E-state index contributed by atoms with van der Waals surface area (Å²) in [6.07, 6.45) is 2.29. The molecule has 3 rings (SSSR count). The van der Waals surface area contributed by atoms with Crippen molar-refractivity contribution in [2.45, 2.75) is 38.0 Å². The van der Waals surface area contributed by atoms with Crippen LogP contribution < -0.4 is 5.32 Å². The van der Waals surface area contributed by atoms with Crippen molar-refractivity contribution in [2.24, 2.45) is 0 Å². The van der Waals surface area contributed by atoms with Crippen LogP contribution in [0.5, 0.6) is 0 Å². The minimum absolute atomic E-state index is 0.0912. The van der Waals surface area contributed by atoms with Crippen LogP contribution in [0.1, 0.15) is 31.5 Å². The van der Waals surface area contributed by atoms with E-state index < -0.39 is 0 Å². The van der Waals surface area contributed by atoms with Crippen molar-refractivity contribution in [2.75, 3.05) is 20.1 Å². The summed E-state index contributed by atoms with van der Waals surface area (Å²) in [6.45, 7) is 3.39. The van der Waals surface area contributed by atoms with Crippen LogP contribution >= 0.6 is 0 Å². The number of nitrogens with zero attached hydrogens (tertiary/aromatic N) is 2. The number of carbonyl (C=O) groups is 1. The molecular weight excluding hydrogens is 269 g/mol. The van der Waals surface area contributed by atoms with Crippen LogP contribution in [0.15, 0.2) is 24.3 Å². The van der Waals surface area contributed by atoms with E-state index in [2.05, 4.69) is 17.3 Å². The molecule has 5 heteroatoms. The van der Waals surface area contributed by atoms with Gasteiger partial charge in [0.15, 0.2) is 0 Å². The van der Waals surface area contributed by atoms with E-state index in [1.165, 1.54) is 25.0 Å². The number of carbonyl (C=O) groups excluding carboxylic acids is 1. The Labute approximate surface area is 124 Å². The van der Waals surface area contributed by atoms with Gasteiger partial charge in [0.1, 0.15) is 12.0 Å². The number of nitrogens with one attached hydrogen (secondary N) is 1. The maximum atomic E-state index is 13.4. The summed E-state index contributed by atoms with van der Waals surface area (Å²) in [5, 5.41) is 3.26. The SMILES string of the molecule is CC1NC(c2cccc(F)c2)N(CCN(C)C2CC2)C1=O. The highest BCUT2D eigenvalue weighted by Crippen LogP contribution is 2.28. The molecule has 1 aromatic rings. The number of hydrogen-bond acceptors (Lipinski definition) is 3. The average molecular weight is 291 g/mol. The maximum absolute atomic E-state index is 13.4. The zero-order valence-corrected chi connectivity index (χ0v) is 12.6. The van der Waals surface area contributed by atoms with Gasteiger partial charge in [0.25, 0.3) is 0 Å². The van der Waals surface area contributed by atoms with Gasteiger partial charge < -0.3 is 9.80 Å². The molecule has 1 N–H and O–H groups in total. The summed E-state index contributed by atoms with van der Waals surface area (Å²) in [5.41, 5.74) is 0.807. The first-order chi connectivity index (χ1) is 10.1. The second-order valence-corrected chi connectivity index (χ2v) is 6.09. The summed E-state index contributed by atoms with van der Waals surface area (Å²) >= 11 is 0. The minimum atomic E-state index is -0.267. The monoisotopic (exact) mass is 291 g/mol. The molecule has 1 aromatic carbocycles. The third-order valence-electron chi connectivity index (χ3n) is 4.40. The first-order valence-electron chi connectivity index (χ1n) is 7.58. The fourth-order valence-corrected chi connectivity index (χ4v) is 2.93. The standard InChI is InChI=1S/C16H22FN3O/c1-11-16(21)20(9-8-19(2)14-6-7-14)15(18-11)12-4-3-5-13(17)10-12/h3-5,10-11,14-15,18H,6-9H2,1-2H3. The van der Waals surface area contributed by atoms with Gasteiger partial charge in [0.05, 0.1) is 6.04 Å². The quantitative estimate of drug-likeness (QED) is 0.897. The Morgan fingerprint density at radius 1 is 1.43 bits per heavy atom. The van der Waals surface area contributed by atoms with Crippen LogP contribution in [-0.2, 0) is 4.79 Å². The highest BCUT2D eigenvalue weighted by molar-refractivity contribution is 5.84. The molecule has 2 unspecified atom stereocenters. The van der Waals surface area contributed by atoms with Gasteiger partial charge >= 0.3 is 0 Å². The van der Waals surface area contributed by atoms with Crippen molar-refractivity contribution >= 4 is 5.91 Å². The Morgan fingerprint density at radius 3 is 2.86 bits per heavy atom. The van der Waals surface area contributed by atoms with Gasteiger partial charge in [0, 0.05) is 19.1 Å². The van der Waals surface area contributed by atoms with E-state index >= 15 is 0 Å². The molecule has 1 aliphatic heterocycles. The average Bonchev–Trinajstić information content (AvgIpc) is 3.26. The van der Waals surface area contributed by atoms with Gasteiger partial charge in [-0.15, -0.1) is 0 Å². The van der Waals surface area contributed by atoms with Gasteiger partial charge in [0.2, 0.25) is 5.91 Å². The molecular formula is C16H22FN3O. The molecule has 1 aliphatic carbocycles. The molecule has 0 spiro atoms. The van der Waals surface area contributed by atoms with E-state index in [0.717, 1.165) is 12.1 Å². The highest BCUT2D eigenvalue weighted by atomic mass is 19.1. The molecule has 0 radical (unpaired) electrons. The molecule has 1 saturated carbocycles. The number of benzene rings is 1. The van der Waals surface area contributed by atoms with E-state index in [1.54, 1.807) is 6.07 Å². The normalized spacial score (nSPS) is 25.9. The summed E-state index contributed by atoms with van der Waals surface area (Å²) in [7, 11) is 2.10. The molecule has 2 atom stereocenters. The lowest BCUT2D eigenvalue weighted by Gasteiger charge is -2.27. The zero-order valence-electron chi connectivity index (χ0n) is 12.6. The molecule has 1 heterocycles. The smallest absolute Gasteiger partial charge is 0.241 e. The number of halogens is 1. The van der Waals surface area contributed by atoms with E-state index in [9.17, 15) is 9.18 Å². The van der Waals surface area contributed by atoms with E-state index in [1.807, 2.05) is 17.9 Å². The van der Waals surface area contributed by atoms with Crippen LogP contribution in [0.3, 0.4) is 0 Å². The molecule has 2 aliphatic rings. The number of likely N-dealkylation sites (N-methyl/N-ethyl adjacent to an activating group) is 1. The third-order valence-corrected chi connectivity index (χ3v) is 4.40. The lowest BCUT2D eigenvalue weighted by molar-refractivity contribution is -0.130. The molecule has 21 heavy (non-hydrogen) atoms. The van der Waals surface area contributed by atoms with Crippen molar-refractivity contribution in [1.29, 1.82) is 0 Å². The fraction of sp³-hybridized carbons (Fsp3) is 0.562.